The summed E-state index contributed by atoms with van der Waals surface area (Å²) in [6.07, 6.45) is -3.60. The molecule has 2 aromatic heterocycles. The third-order valence-electron chi connectivity index (χ3n) is 4.77. The molecular formula is C23H16F3N3O3. The minimum absolute atomic E-state index is 0.197. The highest BCUT2D eigenvalue weighted by atomic mass is 19.4. The molecule has 0 saturated carbocycles. The van der Waals surface area contributed by atoms with Crippen molar-refractivity contribution in [3.05, 3.63) is 84.1 Å². The van der Waals surface area contributed by atoms with Gasteiger partial charge in [-0.25, -0.2) is 4.98 Å². The molecule has 1 N–H and O–H groups in total. The molecule has 0 aliphatic heterocycles. The van der Waals surface area contributed by atoms with Crippen LogP contribution in [0, 0.1) is 0 Å². The number of hydrogen-bond acceptors (Lipinski definition) is 4. The summed E-state index contributed by atoms with van der Waals surface area (Å²) in [7, 11) is 1.49. The van der Waals surface area contributed by atoms with Crippen LogP contribution in [0.15, 0.2) is 72.9 Å². The van der Waals surface area contributed by atoms with Crippen LogP contribution in [0.5, 0.6) is 5.75 Å². The fourth-order valence-electron chi connectivity index (χ4n) is 3.23. The molecule has 0 spiro atoms. The van der Waals surface area contributed by atoms with Gasteiger partial charge in [0.1, 0.15) is 11.4 Å². The number of ether oxygens (including phenoxy) is 1. The van der Waals surface area contributed by atoms with Crippen molar-refractivity contribution in [1.29, 1.82) is 0 Å². The van der Waals surface area contributed by atoms with Crippen LogP contribution < -0.4 is 10.1 Å². The number of fused-ring (bicyclic) bond motifs is 1. The second kappa shape index (κ2) is 8.18. The minimum atomic E-state index is -5.08. The number of ketones is 1. The summed E-state index contributed by atoms with van der Waals surface area (Å²) >= 11 is 0. The number of nitrogens with zero attached hydrogens (tertiary/aromatic N) is 2. The van der Waals surface area contributed by atoms with Crippen molar-refractivity contribution in [2.75, 3.05) is 12.4 Å². The van der Waals surface area contributed by atoms with Gasteiger partial charge in [-0.05, 0) is 36.4 Å². The monoisotopic (exact) mass is 439 g/mol. The summed E-state index contributed by atoms with van der Waals surface area (Å²) in [4.78, 5) is 28.6. The molecule has 0 unspecified atom stereocenters. The number of halogens is 3. The number of nitrogens with one attached hydrogen (secondary N) is 1. The van der Waals surface area contributed by atoms with Crippen LogP contribution in [-0.4, -0.2) is 34.4 Å². The van der Waals surface area contributed by atoms with E-state index < -0.39 is 12.1 Å². The van der Waals surface area contributed by atoms with E-state index >= 15 is 0 Å². The van der Waals surface area contributed by atoms with Gasteiger partial charge >= 0.3 is 12.1 Å². The standard InChI is InChI=1S/C23H16F3N3O3/c1-32-17-10-7-14(8-11-17)19-21(28-22(31)23(24,25)26)27-18-12-9-16(13-29(18)19)20(30)15-5-3-2-4-6-15/h2-13H,1H3,(H,28,31). The summed E-state index contributed by atoms with van der Waals surface area (Å²) in [5.74, 6) is -2.13. The number of anilines is 1. The Balaban J connectivity index is 1.87. The summed E-state index contributed by atoms with van der Waals surface area (Å²) in [5.41, 5.74) is 1.70. The van der Waals surface area contributed by atoms with E-state index in [-0.39, 0.29) is 22.9 Å². The Bertz CT molecular complexity index is 1300. The normalized spacial score (nSPS) is 11.4. The van der Waals surface area contributed by atoms with Gasteiger partial charge in [0, 0.05) is 22.9 Å². The zero-order valence-corrected chi connectivity index (χ0v) is 16.7. The third-order valence-corrected chi connectivity index (χ3v) is 4.77. The van der Waals surface area contributed by atoms with E-state index in [0.717, 1.165) is 0 Å². The molecular weight excluding hydrogens is 423 g/mol. The fourth-order valence-corrected chi connectivity index (χ4v) is 3.23. The number of alkyl halides is 3. The first kappa shape index (κ1) is 21.1. The number of aromatic nitrogens is 2. The molecule has 2 heterocycles. The number of rotatable bonds is 5. The molecule has 4 rings (SSSR count). The number of hydrogen-bond donors (Lipinski definition) is 1. The lowest BCUT2D eigenvalue weighted by Gasteiger charge is -2.10. The van der Waals surface area contributed by atoms with E-state index in [2.05, 4.69) is 4.98 Å². The average molecular weight is 439 g/mol. The van der Waals surface area contributed by atoms with Crippen LogP contribution >= 0.6 is 0 Å². The third kappa shape index (κ3) is 4.04. The first-order valence-corrected chi connectivity index (χ1v) is 9.42. The Morgan fingerprint density at radius 1 is 0.938 bits per heavy atom. The quantitative estimate of drug-likeness (QED) is 0.456. The van der Waals surface area contributed by atoms with Crippen molar-refractivity contribution in [3.8, 4) is 17.0 Å². The van der Waals surface area contributed by atoms with Crippen LogP contribution in [0.1, 0.15) is 15.9 Å². The smallest absolute Gasteiger partial charge is 0.471 e. The lowest BCUT2D eigenvalue weighted by Crippen LogP contribution is -2.30. The van der Waals surface area contributed by atoms with Crippen molar-refractivity contribution >= 4 is 23.2 Å². The topological polar surface area (TPSA) is 72.7 Å². The molecule has 0 aliphatic carbocycles. The molecule has 6 nitrogen and oxygen atoms in total. The van der Waals surface area contributed by atoms with E-state index in [4.69, 9.17) is 4.74 Å². The van der Waals surface area contributed by atoms with Crippen LogP contribution in [0.4, 0.5) is 19.0 Å². The average Bonchev–Trinajstić information content (AvgIpc) is 3.15. The Hall–Kier alpha value is -4.14. The predicted octanol–water partition coefficient (Wildman–Crippen LogP) is 4.74. The Morgan fingerprint density at radius 2 is 1.62 bits per heavy atom. The molecule has 0 fully saturated rings. The number of imidazole rings is 1. The summed E-state index contributed by atoms with van der Waals surface area (Å²) in [5, 5.41) is 1.84. The van der Waals surface area contributed by atoms with Crippen molar-refractivity contribution in [1.82, 2.24) is 9.38 Å². The van der Waals surface area contributed by atoms with Crippen LogP contribution in [0.25, 0.3) is 16.9 Å². The largest absolute Gasteiger partial charge is 0.497 e. The maximum absolute atomic E-state index is 12.9. The Morgan fingerprint density at radius 3 is 2.25 bits per heavy atom. The molecule has 162 valence electrons. The summed E-state index contributed by atoms with van der Waals surface area (Å²) < 4.78 is 45.2. The van der Waals surface area contributed by atoms with E-state index in [9.17, 15) is 22.8 Å². The van der Waals surface area contributed by atoms with Crippen molar-refractivity contribution in [3.63, 3.8) is 0 Å². The lowest BCUT2D eigenvalue weighted by molar-refractivity contribution is -0.167. The number of benzene rings is 2. The molecule has 1 amide bonds. The molecule has 0 bridgehead atoms. The maximum atomic E-state index is 12.9. The van der Waals surface area contributed by atoms with Crippen molar-refractivity contribution in [2.45, 2.75) is 6.18 Å². The number of pyridine rings is 1. The van der Waals surface area contributed by atoms with Gasteiger partial charge in [0.25, 0.3) is 0 Å². The van der Waals surface area contributed by atoms with E-state index in [1.54, 1.807) is 54.6 Å². The van der Waals surface area contributed by atoms with Crippen LogP contribution in [0.2, 0.25) is 0 Å². The molecule has 0 radical (unpaired) electrons. The summed E-state index contributed by atoms with van der Waals surface area (Å²) in [6, 6.07) is 18.1. The highest BCUT2D eigenvalue weighted by Gasteiger charge is 2.39. The van der Waals surface area contributed by atoms with E-state index in [1.807, 2.05) is 5.32 Å². The molecule has 2 aromatic carbocycles. The molecule has 32 heavy (non-hydrogen) atoms. The number of carbonyl (C=O) groups excluding carboxylic acids is 2. The fraction of sp³-hybridized carbons (Fsp3) is 0.0870. The van der Waals surface area contributed by atoms with E-state index in [1.165, 1.54) is 29.8 Å². The second-order valence-corrected chi connectivity index (χ2v) is 6.83. The predicted molar refractivity (Wildman–Crippen MR) is 112 cm³/mol. The molecule has 0 atom stereocenters. The second-order valence-electron chi connectivity index (χ2n) is 6.83. The van der Waals surface area contributed by atoms with Crippen LogP contribution in [0.3, 0.4) is 0 Å². The zero-order valence-electron chi connectivity index (χ0n) is 16.7. The van der Waals surface area contributed by atoms with Gasteiger partial charge in [0.05, 0.1) is 12.8 Å². The number of methoxy groups -OCH3 is 1. The SMILES string of the molecule is COc1ccc(-c2c(NC(=O)C(F)(F)F)nc3ccc(C(=O)c4ccccc4)cn23)cc1. The molecule has 0 aliphatic rings. The maximum Gasteiger partial charge on any atom is 0.471 e. The van der Waals surface area contributed by atoms with Gasteiger partial charge in [0.2, 0.25) is 0 Å². The zero-order chi connectivity index (χ0) is 22.9. The van der Waals surface area contributed by atoms with Crippen molar-refractivity contribution < 1.29 is 27.5 Å². The van der Waals surface area contributed by atoms with E-state index in [0.29, 0.717) is 22.4 Å². The molecule has 4 aromatic rings. The van der Waals surface area contributed by atoms with Gasteiger partial charge in [-0.2, -0.15) is 13.2 Å². The van der Waals surface area contributed by atoms with Gasteiger partial charge in [-0.1, -0.05) is 30.3 Å². The molecule has 0 saturated heterocycles. The van der Waals surface area contributed by atoms with Crippen LogP contribution in [-0.2, 0) is 4.79 Å². The first-order valence-electron chi connectivity index (χ1n) is 9.42. The highest BCUT2D eigenvalue weighted by molar-refractivity contribution is 6.09. The molecule has 9 heteroatoms. The van der Waals surface area contributed by atoms with Gasteiger partial charge in [-0.3, -0.25) is 14.0 Å². The van der Waals surface area contributed by atoms with Crippen molar-refractivity contribution in [2.24, 2.45) is 0 Å². The minimum Gasteiger partial charge on any atom is -0.497 e. The Kier molecular flexibility index (Phi) is 5.40. The van der Waals surface area contributed by atoms with Gasteiger partial charge < -0.3 is 10.1 Å². The summed E-state index contributed by atoms with van der Waals surface area (Å²) in [6.45, 7) is 0. The Labute approximate surface area is 180 Å². The van der Waals surface area contributed by atoms with Gasteiger partial charge in [-0.15, -0.1) is 0 Å². The number of amides is 1. The highest BCUT2D eigenvalue weighted by Crippen LogP contribution is 2.32. The van der Waals surface area contributed by atoms with Gasteiger partial charge in [0.15, 0.2) is 11.6 Å². The first-order chi connectivity index (χ1) is 15.3. The number of carbonyl (C=O) groups is 2. The lowest BCUT2D eigenvalue weighted by atomic mass is 10.1.